The van der Waals surface area contributed by atoms with Crippen LogP contribution in [0.2, 0.25) is 0 Å². The van der Waals surface area contributed by atoms with Gasteiger partial charge in [-0.25, -0.2) is 4.98 Å². The number of nitrogens with zero attached hydrogens (tertiary/aromatic N) is 2. The van der Waals surface area contributed by atoms with Gasteiger partial charge in [-0.15, -0.1) is 0 Å². The van der Waals surface area contributed by atoms with Gasteiger partial charge < -0.3 is 15.6 Å². The molecule has 3 N–H and O–H groups in total. The average molecular weight is 286 g/mol. The zero-order valence-electron chi connectivity index (χ0n) is 12.6. The first-order chi connectivity index (χ1) is 10.1. The molecule has 1 aliphatic carbocycles. The maximum absolute atomic E-state index is 12.2. The van der Waals surface area contributed by atoms with Gasteiger partial charge in [0.2, 0.25) is 5.91 Å². The second kappa shape index (κ2) is 5.15. The number of amides is 1. The average Bonchev–Trinajstić information content (AvgIpc) is 3.25. The number of fused-ring (bicyclic) bond motifs is 1. The van der Waals surface area contributed by atoms with Gasteiger partial charge in [0.15, 0.2) is 0 Å². The van der Waals surface area contributed by atoms with Gasteiger partial charge in [-0.2, -0.15) is 0 Å². The molecule has 112 valence electrons. The Bertz CT molecular complexity index is 674. The summed E-state index contributed by atoms with van der Waals surface area (Å²) >= 11 is 0. The third-order valence-electron chi connectivity index (χ3n) is 4.46. The van der Waals surface area contributed by atoms with Crippen LogP contribution in [0.3, 0.4) is 0 Å². The summed E-state index contributed by atoms with van der Waals surface area (Å²) in [5.41, 5.74) is 7.12. The SMILES string of the molecule is CCNC(Cn1c(C)nc2ccccc21)(C(N)=O)C1CC1. The van der Waals surface area contributed by atoms with Gasteiger partial charge in [-0.1, -0.05) is 19.1 Å². The molecule has 0 radical (unpaired) electrons. The molecule has 1 amide bonds. The molecule has 1 atom stereocenters. The van der Waals surface area contributed by atoms with Gasteiger partial charge in [0, 0.05) is 0 Å². The van der Waals surface area contributed by atoms with Crippen molar-refractivity contribution >= 4 is 16.9 Å². The van der Waals surface area contributed by atoms with E-state index in [2.05, 4.69) is 14.9 Å². The standard InChI is InChI=1S/C16H22N4O/c1-3-18-16(15(17)21,12-8-9-12)10-20-11(2)19-13-6-4-5-7-14(13)20/h4-7,12,18H,3,8-10H2,1-2H3,(H2,17,21). The largest absolute Gasteiger partial charge is 0.368 e. The maximum atomic E-state index is 12.2. The predicted molar refractivity (Wildman–Crippen MR) is 82.8 cm³/mol. The van der Waals surface area contributed by atoms with Crippen molar-refractivity contribution in [1.82, 2.24) is 14.9 Å². The smallest absolute Gasteiger partial charge is 0.239 e. The fraction of sp³-hybridized carbons (Fsp3) is 0.500. The molecule has 1 heterocycles. The fourth-order valence-electron chi connectivity index (χ4n) is 3.23. The molecule has 1 saturated carbocycles. The molecule has 0 spiro atoms. The number of aryl methyl sites for hydroxylation is 1. The zero-order chi connectivity index (χ0) is 15.0. The fourth-order valence-corrected chi connectivity index (χ4v) is 3.23. The molecule has 0 bridgehead atoms. The minimum Gasteiger partial charge on any atom is -0.368 e. The highest BCUT2D eigenvalue weighted by Gasteiger charge is 2.49. The van der Waals surface area contributed by atoms with E-state index in [4.69, 9.17) is 5.73 Å². The summed E-state index contributed by atoms with van der Waals surface area (Å²) in [6, 6.07) is 8.01. The lowest BCUT2D eigenvalue weighted by atomic mass is 9.91. The van der Waals surface area contributed by atoms with Gasteiger partial charge in [-0.05, 0) is 44.4 Å². The van der Waals surface area contributed by atoms with Crippen LogP contribution < -0.4 is 11.1 Å². The molecule has 1 aromatic heterocycles. The molecule has 0 saturated heterocycles. The van der Waals surface area contributed by atoms with Crippen LogP contribution in [0, 0.1) is 12.8 Å². The first-order valence-electron chi connectivity index (χ1n) is 7.55. The van der Waals surface area contributed by atoms with Gasteiger partial charge in [0.25, 0.3) is 0 Å². The number of hydrogen-bond donors (Lipinski definition) is 2. The number of carbonyl (C=O) groups is 1. The van der Waals surface area contributed by atoms with Crippen LogP contribution in [-0.4, -0.2) is 27.5 Å². The molecule has 1 aromatic carbocycles. The lowest BCUT2D eigenvalue weighted by Gasteiger charge is -2.32. The van der Waals surface area contributed by atoms with Gasteiger partial charge in [-0.3, -0.25) is 4.79 Å². The Hall–Kier alpha value is -1.88. The van der Waals surface area contributed by atoms with Crippen molar-refractivity contribution < 1.29 is 4.79 Å². The van der Waals surface area contributed by atoms with E-state index in [9.17, 15) is 4.79 Å². The van der Waals surface area contributed by atoms with E-state index >= 15 is 0 Å². The van der Waals surface area contributed by atoms with E-state index in [0.717, 1.165) is 36.2 Å². The number of likely N-dealkylation sites (N-methyl/N-ethyl adjacent to an activating group) is 1. The lowest BCUT2D eigenvalue weighted by molar-refractivity contribution is -0.126. The van der Waals surface area contributed by atoms with Crippen molar-refractivity contribution in [3.8, 4) is 0 Å². The molecular formula is C16H22N4O. The predicted octanol–water partition coefficient (Wildman–Crippen LogP) is 1.59. The molecule has 1 fully saturated rings. The van der Waals surface area contributed by atoms with Crippen LogP contribution >= 0.6 is 0 Å². The number of primary amides is 1. The van der Waals surface area contributed by atoms with Crippen LogP contribution in [0.5, 0.6) is 0 Å². The number of benzene rings is 1. The zero-order valence-corrected chi connectivity index (χ0v) is 12.6. The minimum atomic E-state index is -0.664. The first-order valence-corrected chi connectivity index (χ1v) is 7.55. The van der Waals surface area contributed by atoms with Gasteiger partial charge in [0.1, 0.15) is 11.4 Å². The number of aromatic nitrogens is 2. The normalized spacial score (nSPS) is 17.8. The van der Waals surface area contributed by atoms with Gasteiger partial charge >= 0.3 is 0 Å². The summed E-state index contributed by atoms with van der Waals surface area (Å²) in [7, 11) is 0. The number of rotatable bonds is 6. The van der Waals surface area contributed by atoms with Crippen molar-refractivity contribution in [2.75, 3.05) is 6.54 Å². The third kappa shape index (κ3) is 2.31. The summed E-state index contributed by atoms with van der Waals surface area (Å²) in [6.45, 7) is 5.27. The number of para-hydroxylation sites is 2. The van der Waals surface area contributed by atoms with Crippen LogP contribution in [0.25, 0.3) is 11.0 Å². The monoisotopic (exact) mass is 286 g/mol. The minimum absolute atomic E-state index is 0.260. The number of hydrogen-bond acceptors (Lipinski definition) is 3. The van der Waals surface area contributed by atoms with Crippen molar-refractivity contribution in [2.45, 2.75) is 38.8 Å². The van der Waals surface area contributed by atoms with Crippen LogP contribution in [0.4, 0.5) is 0 Å². The summed E-state index contributed by atoms with van der Waals surface area (Å²) in [4.78, 5) is 16.8. The number of imidazole rings is 1. The Morgan fingerprint density at radius 2 is 2.19 bits per heavy atom. The third-order valence-corrected chi connectivity index (χ3v) is 4.46. The first kappa shape index (κ1) is 14.1. The van der Waals surface area contributed by atoms with E-state index in [1.54, 1.807) is 0 Å². The van der Waals surface area contributed by atoms with E-state index in [1.165, 1.54) is 0 Å². The number of carbonyl (C=O) groups excluding carboxylic acids is 1. The van der Waals surface area contributed by atoms with Crippen molar-refractivity contribution in [3.05, 3.63) is 30.1 Å². The lowest BCUT2D eigenvalue weighted by Crippen LogP contribution is -2.59. The maximum Gasteiger partial charge on any atom is 0.239 e. The number of nitrogens with two attached hydrogens (primary N) is 1. The highest BCUT2D eigenvalue weighted by Crippen LogP contribution is 2.41. The van der Waals surface area contributed by atoms with E-state index < -0.39 is 5.54 Å². The number of nitrogens with one attached hydrogen (secondary N) is 1. The molecule has 3 rings (SSSR count). The summed E-state index contributed by atoms with van der Waals surface area (Å²) in [5, 5.41) is 3.36. The molecule has 21 heavy (non-hydrogen) atoms. The molecular weight excluding hydrogens is 264 g/mol. The molecule has 1 aliphatic rings. The Morgan fingerprint density at radius 3 is 2.81 bits per heavy atom. The second-order valence-corrected chi connectivity index (χ2v) is 5.87. The highest BCUT2D eigenvalue weighted by atomic mass is 16.1. The van der Waals surface area contributed by atoms with E-state index in [0.29, 0.717) is 12.5 Å². The van der Waals surface area contributed by atoms with E-state index in [1.807, 2.05) is 38.1 Å². The molecule has 5 nitrogen and oxygen atoms in total. The molecule has 5 heteroatoms. The van der Waals surface area contributed by atoms with Crippen molar-refractivity contribution in [2.24, 2.45) is 11.7 Å². The summed E-state index contributed by atoms with van der Waals surface area (Å²) in [6.07, 6.45) is 2.11. The van der Waals surface area contributed by atoms with Crippen LogP contribution in [0.15, 0.2) is 24.3 Å². The summed E-state index contributed by atoms with van der Waals surface area (Å²) < 4.78 is 2.11. The second-order valence-electron chi connectivity index (χ2n) is 5.87. The van der Waals surface area contributed by atoms with Gasteiger partial charge in [0.05, 0.1) is 17.6 Å². The quantitative estimate of drug-likeness (QED) is 0.847. The van der Waals surface area contributed by atoms with Crippen molar-refractivity contribution in [1.29, 1.82) is 0 Å². The molecule has 1 unspecified atom stereocenters. The Morgan fingerprint density at radius 1 is 1.48 bits per heavy atom. The van der Waals surface area contributed by atoms with Crippen LogP contribution in [-0.2, 0) is 11.3 Å². The highest BCUT2D eigenvalue weighted by molar-refractivity contribution is 5.86. The topological polar surface area (TPSA) is 72.9 Å². The van der Waals surface area contributed by atoms with E-state index in [-0.39, 0.29) is 5.91 Å². The molecule has 2 aromatic rings. The Kier molecular flexibility index (Phi) is 3.45. The Labute approximate surface area is 124 Å². The summed E-state index contributed by atoms with van der Waals surface area (Å²) in [5.74, 6) is 0.986. The van der Waals surface area contributed by atoms with Crippen LogP contribution in [0.1, 0.15) is 25.6 Å². The Balaban J connectivity index is 2.05. The molecule has 0 aliphatic heterocycles. The van der Waals surface area contributed by atoms with Crippen molar-refractivity contribution in [3.63, 3.8) is 0 Å².